The third kappa shape index (κ3) is 5.06. The summed E-state index contributed by atoms with van der Waals surface area (Å²) in [6.07, 6.45) is 2.52. The van der Waals surface area contributed by atoms with Crippen LogP contribution < -0.4 is 18.9 Å². The number of hydrogen-bond donors (Lipinski definition) is 0. The molecule has 0 aromatic heterocycles. The Hall–Kier alpha value is -2.89. The fourth-order valence-electron chi connectivity index (χ4n) is 2.91. The van der Waals surface area contributed by atoms with Crippen molar-refractivity contribution in [2.75, 3.05) is 27.6 Å². The first-order valence-corrected chi connectivity index (χ1v) is 8.94. The predicted octanol–water partition coefficient (Wildman–Crippen LogP) is 3.54. The van der Waals surface area contributed by atoms with Gasteiger partial charge in [0.15, 0.2) is 23.0 Å². The lowest BCUT2D eigenvalue weighted by molar-refractivity contribution is -0.143. The lowest BCUT2D eigenvalue weighted by Gasteiger charge is -2.10. The van der Waals surface area contributed by atoms with Crippen molar-refractivity contribution in [3.63, 3.8) is 0 Å². The Morgan fingerprint density at radius 2 is 1.67 bits per heavy atom. The lowest BCUT2D eigenvalue weighted by Crippen LogP contribution is -2.07. The summed E-state index contributed by atoms with van der Waals surface area (Å²) in [5.74, 6) is 2.69. The van der Waals surface area contributed by atoms with E-state index in [0.29, 0.717) is 30.9 Å². The van der Waals surface area contributed by atoms with Crippen LogP contribution in [0, 0.1) is 0 Å². The van der Waals surface area contributed by atoms with Crippen LogP contribution in [0.25, 0.3) is 0 Å². The van der Waals surface area contributed by atoms with Gasteiger partial charge in [0.25, 0.3) is 0 Å². The molecule has 2 aromatic rings. The maximum atomic E-state index is 11.9. The van der Waals surface area contributed by atoms with Crippen molar-refractivity contribution >= 4 is 5.97 Å². The van der Waals surface area contributed by atoms with Crippen molar-refractivity contribution < 1.29 is 28.5 Å². The molecular formula is C21H24O6. The highest BCUT2D eigenvalue weighted by Gasteiger charge is 2.14. The molecule has 0 unspecified atom stereocenters. The maximum absolute atomic E-state index is 11.9. The molecule has 3 rings (SSSR count). The molecule has 0 fully saturated rings. The van der Waals surface area contributed by atoms with Crippen LogP contribution >= 0.6 is 0 Å². The molecule has 1 aliphatic rings. The van der Waals surface area contributed by atoms with Crippen molar-refractivity contribution in [3.8, 4) is 23.0 Å². The highest BCUT2D eigenvalue weighted by molar-refractivity contribution is 5.69. The van der Waals surface area contributed by atoms with E-state index in [0.717, 1.165) is 35.5 Å². The fraction of sp³-hybridized carbons (Fsp3) is 0.381. The quantitative estimate of drug-likeness (QED) is 0.496. The van der Waals surface area contributed by atoms with E-state index in [-0.39, 0.29) is 12.8 Å². The van der Waals surface area contributed by atoms with Gasteiger partial charge >= 0.3 is 5.97 Å². The summed E-state index contributed by atoms with van der Waals surface area (Å²) in [6, 6.07) is 11.5. The number of carbonyl (C=O) groups is 1. The topological polar surface area (TPSA) is 63.2 Å². The zero-order valence-corrected chi connectivity index (χ0v) is 15.7. The minimum atomic E-state index is -0.194. The molecule has 0 radical (unpaired) electrons. The van der Waals surface area contributed by atoms with Crippen LogP contribution in [0.4, 0.5) is 0 Å². The summed E-state index contributed by atoms with van der Waals surface area (Å²) in [5.41, 5.74) is 2.14. The minimum Gasteiger partial charge on any atom is -0.493 e. The molecule has 0 atom stereocenters. The molecule has 0 aliphatic carbocycles. The maximum Gasteiger partial charge on any atom is 0.306 e. The van der Waals surface area contributed by atoms with Gasteiger partial charge in [-0.3, -0.25) is 4.79 Å². The fourth-order valence-corrected chi connectivity index (χ4v) is 2.91. The number of carbonyl (C=O) groups excluding carboxylic acids is 1. The summed E-state index contributed by atoms with van der Waals surface area (Å²) >= 11 is 0. The molecule has 0 saturated heterocycles. The molecular weight excluding hydrogens is 348 g/mol. The smallest absolute Gasteiger partial charge is 0.306 e. The molecule has 0 bridgehead atoms. The van der Waals surface area contributed by atoms with Crippen molar-refractivity contribution in [2.24, 2.45) is 0 Å². The van der Waals surface area contributed by atoms with E-state index >= 15 is 0 Å². The average molecular weight is 372 g/mol. The van der Waals surface area contributed by atoms with Gasteiger partial charge in [-0.2, -0.15) is 0 Å². The van der Waals surface area contributed by atoms with Gasteiger partial charge in [0, 0.05) is 6.42 Å². The minimum absolute atomic E-state index is 0.194. The average Bonchev–Trinajstić information content (AvgIpc) is 3.17. The van der Waals surface area contributed by atoms with E-state index in [9.17, 15) is 4.79 Å². The number of benzene rings is 2. The monoisotopic (exact) mass is 372 g/mol. The van der Waals surface area contributed by atoms with Gasteiger partial charge in [0.2, 0.25) is 6.79 Å². The molecule has 2 aromatic carbocycles. The predicted molar refractivity (Wildman–Crippen MR) is 99.7 cm³/mol. The molecule has 0 amide bonds. The van der Waals surface area contributed by atoms with E-state index < -0.39 is 0 Å². The molecule has 1 aliphatic heterocycles. The van der Waals surface area contributed by atoms with E-state index in [1.54, 1.807) is 14.2 Å². The molecule has 6 nitrogen and oxygen atoms in total. The highest BCUT2D eigenvalue weighted by atomic mass is 16.7. The van der Waals surface area contributed by atoms with Gasteiger partial charge in [-0.1, -0.05) is 12.1 Å². The van der Waals surface area contributed by atoms with Crippen molar-refractivity contribution in [3.05, 3.63) is 47.5 Å². The number of ether oxygens (including phenoxy) is 5. The van der Waals surface area contributed by atoms with Crippen LogP contribution in [0.15, 0.2) is 36.4 Å². The lowest BCUT2D eigenvalue weighted by atomic mass is 10.1. The first-order valence-electron chi connectivity index (χ1n) is 8.94. The number of esters is 1. The molecule has 0 saturated carbocycles. The standard InChI is InChI=1S/C21H24O6/c1-23-17-8-5-15(12-19(17)24-2)4-3-11-25-21(22)10-7-16-6-9-18-20(13-16)27-14-26-18/h5-6,8-9,12-13H,3-4,7,10-11,14H2,1-2H3. The molecule has 27 heavy (non-hydrogen) atoms. The van der Waals surface area contributed by atoms with E-state index in [4.69, 9.17) is 23.7 Å². The van der Waals surface area contributed by atoms with E-state index in [1.807, 2.05) is 36.4 Å². The van der Waals surface area contributed by atoms with Crippen LogP contribution in [0.2, 0.25) is 0 Å². The third-order valence-electron chi connectivity index (χ3n) is 4.38. The summed E-state index contributed by atoms with van der Waals surface area (Å²) in [5, 5.41) is 0. The Labute approximate surface area is 158 Å². The van der Waals surface area contributed by atoms with Crippen molar-refractivity contribution in [1.82, 2.24) is 0 Å². The Kier molecular flexibility index (Phi) is 6.41. The van der Waals surface area contributed by atoms with E-state index in [2.05, 4.69) is 0 Å². The second-order valence-corrected chi connectivity index (χ2v) is 6.20. The van der Waals surface area contributed by atoms with Crippen LogP contribution in [0.3, 0.4) is 0 Å². The Morgan fingerprint density at radius 3 is 2.48 bits per heavy atom. The first-order chi connectivity index (χ1) is 13.2. The van der Waals surface area contributed by atoms with Gasteiger partial charge < -0.3 is 23.7 Å². The first kappa shape index (κ1) is 18.9. The van der Waals surface area contributed by atoms with Crippen molar-refractivity contribution in [2.45, 2.75) is 25.7 Å². The second-order valence-electron chi connectivity index (χ2n) is 6.20. The molecule has 144 valence electrons. The van der Waals surface area contributed by atoms with Gasteiger partial charge in [0.1, 0.15) is 0 Å². The van der Waals surface area contributed by atoms with Crippen LogP contribution in [-0.2, 0) is 22.4 Å². The zero-order chi connectivity index (χ0) is 19.1. The summed E-state index contributed by atoms with van der Waals surface area (Å²) < 4.78 is 26.5. The van der Waals surface area contributed by atoms with Crippen LogP contribution in [0.5, 0.6) is 23.0 Å². The zero-order valence-electron chi connectivity index (χ0n) is 15.7. The van der Waals surface area contributed by atoms with Crippen LogP contribution in [-0.4, -0.2) is 33.6 Å². The molecule has 6 heteroatoms. The Morgan fingerprint density at radius 1 is 0.926 bits per heavy atom. The number of rotatable bonds is 9. The largest absolute Gasteiger partial charge is 0.493 e. The highest BCUT2D eigenvalue weighted by Crippen LogP contribution is 2.32. The third-order valence-corrected chi connectivity index (χ3v) is 4.38. The number of aryl methyl sites for hydroxylation is 2. The summed E-state index contributed by atoms with van der Waals surface area (Å²) in [7, 11) is 3.23. The molecule has 0 spiro atoms. The number of hydrogen-bond acceptors (Lipinski definition) is 6. The normalized spacial score (nSPS) is 11.9. The van der Waals surface area contributed by atoms with E-state index in [1.165, 1.54) is 0 Å². The van der Waals surface area contributed by atoms with Gasteiger partial charge in [0.05, 0.1) is 20.8 Å². The molecule has 1 heterocycles. The Balaban J connectivity index is 1.37. The SMILES string of the molecule is COc1ccc(CCCOC(=O)CCc2ccc3c(c2)OCO3)cc1OC. The van der Waals surface area contributed by atoms with Gasteiger partial charge in [-0.05, 0) is 54.7 Å². The van der Waals surface area contributed by atoms with Crippen LogP contribution in [0.1, 0.15) is 24.0 Å². The molecule has 0 N–H and O–H groups in total. The Bertz CT molecular complexity index is 786. The van der Waals surface area contributed by atoms with Crippen molar-refractivity contribution in [1.29, 1.82) is 0 Å². The number of methoxy groups -OCH3 is 2. The number of fused-ring (bicyclic) bond motifs is 1. The summed E-state index contributed by atoms with van der Waals surface area (Å²) in [4.78, 5) is 11.9. The van der Waals surface area contributed by atoms with Gasteiger partial charge in [-0.25, -0.2) is 0 Å². The second kappa shape index (κ2) is 9.16. The van der Waals surface area contributed by atoms with Gasteiger partial charge in [-0.15, -0.1) is 0 Å². The summed E-state index contributed by atoms with van der Waals surface area (Å²) in [6.45, 7) is 0.648.